The summed E-state index contributed by atoms with van der Waals surface area (Å²) in [6.45, 7) is 1.64. The average molecular weight is 505 g/mol. The molecular weight excluding hydrogens is 479 g/mol. The van der Waals surface area contributed by atoms with E-state index in [2.05, 4.69) is 35.6 Å². The van der Waals surface area contributed by atoms with Crippen molar-refractivity contribution >= 4 is 34.2 Å². The minimum Gasteiger partial charge on any atom is -0.372 e. The lowest BCUT2D eigenvalue weighted by molar-refractivity contribution is -0.119. The minimum atomic E-state index is -0.856. The molecule has 2 amide bonds. The number of fused-ring (bicyclic) bond motifs is 3. The maximum absolute atomic E-state index is 14.4. The number of ether oxygens (including phenoxy) is 1. The summed E-state index contributed by atoms with van der Waals surface area (Å²) in [6.07, 6.45) is 8.63. The summed E-state index contributed by atoms with van der Waals surface area (Å²) >= 11 is 0. The minimum absolute atomic E-state index is 0.141. The number of nitrogens with zero attached hydrogens (tertiary/aromatic N) is 5. The molecular formula is C25H25FN8O3. The number of morpholine rings is 1. The number of halogens is 1. The smallest absolute Gasteiger partial charge is 0.257 e. The lowest BCUT2D eigenvalue weighted by atomic mass is 10.2. The van der Waals surface area contributed by atoms with Gasteiger partial charge in [-0.1, -0.05) is 0 Å². The van der Waals surface area contributed by atoms with Crippen molar-refractivity contribution in [1.29, 1.82) is 0 Å². The average Bonchev–Trinajstić information content (AvgIpc) is 3.58. The summed E-state index contributed by atoms with van der Waals surface area (Å²) in [5, 5.41) is 10.2. The van der Waals surface area contributed by atoms with Gasteiger partial charge in [0.05, 0.1) is 53.8 Å². The van der Waals surface area contributed by atoms with Crippen LogP contribution in [-0.4, -0.2) is 73.3 Å². The number of pyridine rings is 2. The largest absolute Gasteiger partial charge is 0.372 e. The Morgan fingerprint density at radius 3 is 2.68 bits per heavy atom. The molecule has 0 aromatic carbocycles. The first-order chi connectivity index (χ1) is 17.9. The van der Waals surface area contributed by atoms with Crippen molar-refractivity contribution in [2.75, 3.05) is 30.3 Å². The number of aromatic nitrogens is 5. The molecule has 190 valence electrons. The molecule has 2 fully saturated rings. The molecule has 0 aliphatic carbocycles. The normalized spacial score (nSPS) is 19.3. The zero-order valence-electron chi connectivity index (χ0n) is 20.1. The number of anilines is 2. The maximum Gasteiger partial charge on any atom is 0.257 e. The third-order valence-corrected chi connectivity index (χ3v) is 6.61. The number of nitrogens with one attached hydrogen (secondary N) is 3. The van der Waals surface area contributed by atoms with Crippen molar-refractivity contribution in [3.8, 4) is 11.3 Å². The number of rotatable bonds is 6. The van der Waals surface area contributed by atoms with E-state index >= 15 is 0 Å². The van der Waals surface area contributed by atoms with Gasteiger partial charge in [-0.15, -0.1) is 0 Å². The number of carbonyl (C=O) groups is 2. The van der Waals surface area contributed by atoms with E-state index in [1.165, 1.54) is 18.5 Å². The van der Waals surface area contributed by atoms with E-state index in [1.54, 1.807) is 16.9 Å². The molecule has 2 bridgehead atoms. The van der Waals surface area contributed by atoms with Gasteiger partial charge >= 0.3 is 0 Å². The first-order valence-electron chi connectivity index (χ1n) is 12.0. The van der Waals surface area contributed by atoms with Gasteiger partial charge in [0.25, 0.3) is 5.91 Å². The van der Waals surface area contributed by atoms with Crippen molar-refractivity contribution in [2.24, 2.45) is 7.05 Å². The fraction of sp³-hybridized carbons (Fsp3) is 0.320. The van der Waals surface area contributed by atoms with Gasteiger partial charge in [-0.3, -0.25) is 19.2 Å². The quantitative estimate of drug-likeness (QED) is 0.344. The fourth-order valence-corrected chi connectivity index (χ4v) is 4.89. The summed E-state index contributed by atoms with van der Waals surface area (Å²) in [5.41, 5.74) is 2.72. The van der Waals surface area contributed by atoms with E-state index in [0.717, 1.165) is 42.6 Å². The Kier molecular flexibility index (Phi) is 5.89. The Morgan fingerprint density at radius 2 is 1.92 bits per heavy atom. The number of amides is 2. The van der Waals surface area contributed by atoms with E-state index in [9.17, 15) is 14.0 Å². The van der Waals surface area contributed by atoms with Gasteiger partial charge in [-0.05, 0) is 31.0 Å². The molecule has 2 atom stereocenters. The predicted molar refractivity (Wildman–Crippen MR) is 133 cm³/mol. The molecule has 4 aromatic heterocycles. The molecule has 11 nitrogen and oxygen atoms in total. The first-order valence-corrected chi connectivity index (χ1v) is 12.0. The lowest BCUT2D eigenvalue weighted by Gasteiger charge is -2.31. The van der Waals surface area contributed by atoms with Gasteiger partial charge in [-0.2, -0.15) is 9.49 Å². The highest BCUT2D eigenvalue weighted by Crippen LogP contribution is 2.27. The molecule has 0 saturated carbocycles. The van der Waals surface area contributed by atoms with Gasteiger partial charge < -0.3 is 20.4 Å². The van der Waals surface area contributed by atoms with Gasteiger partial charge in [-0.25, -0.2) is 9.97 Å². The second-order valence-electron chi connectivity index (χ2n) is 9.46. The Balaban J connectivity index is 1.13. The van der Waals surface area contributed by atoms with Crippen molar-refractivity contribution in [1.82, 2.24) is 29.6 Å². The van der Waals surface area contributed by atoms with E-state index in [4.69, 9.17) is 4.74 Å². The van der Waals surface area contributed by atoms with E-state index in [0.29, 0.717) is 11.3 Å². The number of likely N-dealkylation sites (tertiary alicyclic amines) is 1. The summed E-state index contributed by atoms with van der Waals surface area (Å²) in [7, 11) is 1.83. The maximum atomic E-state index is 14.4. The van der Waals surface area contributed by atoms with Crippen LogP contribution in [0.25, 0.3) is 22.3 Å². The summed E-state index contributed by atoms with van der Waals surface area (Å²) in [5.74, 6) is -1.64. The highest BCUT2D eigenvalue weighted by atomic mass is 19.1. The van der Waals surface area contributed by atoms with Crippen molar-refractivity contribution in [3.05, 3.63) is 54.5 Å². The third-order valence-electron chi connectivity index (χ3n) is 6.61. The molecule has 2 aliphatic rings. The molecule has 0 spiro atoms. The van der Waals surface area contributed by atoms with Gasteiger partial charge in [0.15, 0.2) is 0 Å². The Labute approximate surface area is 211 Å². The van der Waals surface area contributed by atoms with E-state index < -0.39 is 11.9 Å². The van der Waals surface area contributed by atoms with Gasteiger partial charge in [0.1, 0.15) is 5.65 Å². The van der Waals surface area contributed by atoms with Crippen molar-refractivity contribution in [3.63, 3.8) is 0 Å². The standard InChI is InChI=1S/C25H25FN8O3/c1-33-10-16(8-29-33)20-5-14-4-15(7-28-24(14)31-20)25(36)32-21-6-17(9-27-23(21)26)30-22(35)13-34-11-18-2-3-19(12-34)37-18/h4-10,18-19H,2-3,11-13H2,1H3,(H,28,31)(H,30,35)(H,32,36). The van der Waals surface area contributed by atoms with E-state index in [-0.39, 0.29) is 35.9 Å². The van der Waals surface area contributed by atoms with Crippen molar-refractivity contribution in [2.45, 2.75) is 25.0 Å². The van der Waals surface area contributed by atoms with Crippen LogP contribution in [-0.2, 0) is 16.6 Å². The number of aromatic amines is 1. The molecule has 2 aliphatic heterocycles. The van der Waals surface area contributed by atoms with Crippen LogP contribution >= 0.6 is 0 Å². The van der Waals surface area contributed by atoms with Crippen LogP contribution in [0, 0.1) is 5.95 Å². The molecule has 37 heavy (non-hydrogen) atoms. The Morgan fingerprint density at radius 1 is 1.11 bits per heavy atom. The van der Waals surface area contributed by atoms with Crippen molar-refractivity contribution < 1.29 is 18.7 Å². The van der Waals surface area contributed by atoms with E-state index in [1.807, 2.05) is 19.3 Å². The Bertz CT molecular complexity index is 1490. The first kappa shape index (κ1) is 23.3. The van der Waals surface area contributed by atoms with Crippen LogP contribution in [0.4, 0.5) is 15.8 Å². The number of hydrogen-bond acceptors (Lipinski definition) is 7. The zero-order valence-corrected chi connectivity index (χ0v) is 20.1. The number of aryl methyl sites for hydroxylation is 1. The lowest BCUT2D eigenvalue weighted by Crippen LogP contribution is -2.45. The number of H-pyrrole nitrogens is 1. The van der Waals surface area contributed by atoms with Gasteiger partial charge in [0.2, 0.25) is 11.9 Å². The van der Waals surface area contributed by atoms with Crippen LogP contribution < -0.4 is 10.6 Å². The SMILES string of the molecule is Cn1cc(-c2cc3cc(C(=O)Nc4cc(NC(=O)CN5CC6CCC(C5)O6)cnc4F)cnc3[nH]2)cn1. The fourth-order valence-electron chi connectivity index (χ4n) is 4.89. The zero-order chi connectivity index (χ0) is 25.5. The molecule has 2 saturated heterocycles. The second-order valence-corrected chi connectivity index (χ2v) is 9.46. The molecule has 12 heteroatoms. The molecule has 6 rings (SSSR count). The van der Waals surface area contributed by atoms with Crippen LogP contribution in [0.1, 0.15) is 23.2 Å². The molecule has 6 heterocycles. The van der Waals surface area contributed by atoms with Crippen LogP contribution in [0.2, 0.25) is 0 Å². The predicted octanol–water partition coefficient (Wildman–Crippen LogP) is 2.55. The third kappa shape index (κ3) is 4.93. The molecule has 3 N–H and O–H groups in total. The molecule has 0 radical (unpaired) electrons. The highest BCUT2D eigenvalue weighted by Gasteiger charge is 2.34. The molecule has 2 unspecified atom stereocenters. The Hall–Kier alpha value is -4.16. The number of hydrogen-bond donors (Lipinski definition) is 3. The summed E-state index contributed by atoms with van der Waals surface area (Å²) in [4.78, 5) is 38.7. The summed E-state index contributed by atoms with van der Waals surface area (Å²) in [6, 6.07) is 4.89. The highest BCUT2D eigenvalue weighted by molar-refractivity contribution is 6.06. The van der Waals surface area contributed by atoms with Crippen LogP contribution in [0.3, 0.4) is 0 Å². The number of carbonyl (C=O) groups excluding carboxylic acids is 2. The second kappa shape index (κ2) is 9.37. The van der Waals surface area contributed by atoms with Gasteiger partial charge in [0, 0.05) is 43.5 Å². The topological polar surface area (TPSA) is 130 Å². The monoisotopic (exact) mass is 504 g/mol. The summed E-state index contributed by atoms with van der Waals surface area (Å²) < 4.78 is 21.9. The van der Waals surface area contributed by atoms with Crippen LogP contribution in [0.15, 0.2) is 43.0 Å². The van der Waals surface area contributed by atoms with Crippen LogP contribution in [0.5, 0.6) is 0 Å². The molecule has 4 aromatic rings.